The Morgan fingerprint density at radius 1 is 0.821 bits per heavy atom. The van der Waals surface area contributed by atoms with Crippen molar-refractivity contribution in [2.75, 3.05) is 17.7 Å². The van der Waals surface area contributed by atoms with Crippen molar-refractivity contribution in [2.24, 2.45) is 0 Å². The van der Waals surface area contributed by atoms with Crippen LogP contribution in [0.4, 0.5) is 17.5 Å². The molecule has 1 aliphatic carbocycles. The maximum Gasteiger partial charge on any atom is 0.228 e. The van der Waals surface area contributed by atoms with Crippen molar-refractivity contribution in [1.29, 1.82) is 0 Å². The van der Waals surface area contributed by atoms with Crippen LogP contribution in [0.25, 0.3) is 22.5 Å². The van der Waals surface area contributed by atoms with Gasteiger partial charge in [0, 0.05) is 41.3 Å². The third-order valence-corrected chi connectivity index (χ3v) is 6.92. The van der Waals surface area contributed by atoms with E-state index in [1.165, 1.54) is 11.1 Å². The van der Waals surface area contributed by atoms with Crippen LogP contribution in [0.5, 0.6) is 11.6 Å². The van der Waals surface area contributed by atoms with Crippen LogP contribution in [0.2, 0.25) is 5.02 Å². The van der Waals surface area contributed by atoms with Crippen LogP contribution in [0.15, 0.2) is 79.1 Å². The molecule has 2 N–H and O–H groups in total. The van der Waals surface area contributed by atoms with Gasteiger partial charge in [-0.15, -0.1) is 10.2 Å². The number of aromatic nitrogens is 5. The number of pyridine rings is 1. The molecule has 0 unspecified atom stereocenters. The summed E-state index contributed by atoms with van der Waals surface area (Å²) in [6.07, 6.45) is 7.63. The van der Waals surface area contributed by atoms with Crippen molar-refractivity contribution in [1.82, 2.24) is 25.1 Å². The second-order valence-corrected chi connectivity index (χ2v) is 9.63. The van der Waals surface area contributed by atoms with Gasteiger partial charge in [0.05, 0.1) is 17.0 Å². The quantitative estimate of drug-likeness (QED) is 0.227. The minimum atomic E-state index is 0.469. The second kappa shape index (κ2) is 11.0. The average molecular weight is 536 g/mol. The van der Waals surface area contributed by atoms with Crippen LogP contribution in [0.1, 0.15) is 24.0 Å². The topological polar surface area (TPSA) is 97.7 Å². The Bertz CT molecular complexity index is 1610. The van der Waals surface area contributed by atoms with E-state index >= 15 is 0 Å². The standard InChI is InChI=1S/C30H26ClN7O/c1-32-30-34-18-16-26(36-30)25-7-4-17-33-29(25)39-22-14-12-21(13-15-22)35-28-24-6-3-2-5-23(24)27(37-38-28)19-8-10-20(31)11-9-19/h4,7-18H,2-3,5-6H2,1H3,(H,35,38)(H,32,34,36). The van der Waals surface area contributed by atoms with Gasteiger partial charge in [0.15, 0.2) is 5.82 Å². The smallest absolute Gasteiger partial charge is 0.228 e. The van der Waals surface area contributed by atoms with Crippen LogP contribution in [-0.2, 0) is 12.8 Å². The fourth-order valence-corrected chi connectivity index (χ4v) is 4.87. The molecule has 39 heavy (non-hydrogen) atoms. The lowest BCUT2D eigenvalue weighted by Gasteiger charge is -2.21. The van der Waals surface area contributed by atoms with Crippen LogP contribution in [0, 0.1) is 0 Å². The number of ether oxygens (including phenoxy) is 1. The maximum atomic E-state index is 6.15. The number of nitrogens with one attached hydrogen (secondary N) is 2. The summed E-state index contributed by atoms with van der Waals surface area (Å²) in [5.41, 5.74) is 6.87. The summed E-state index contributed by atoms with van der Waals surface area (Å²) in [5, 5.41) is 16.3. The summed E-state index contributed by atoms with van der Waals surface area (Å²) < 4.78 is 6.15. The number of halogens is 1. The van der Waals surface area contributed by atoms with E-state index in [2.05, 4.69) is 35.8 Å². The Labute approximate surface area is 231 Å². The number of nitrogens with zero attached hydrogens (tertiary/aromatic N) is 5. The fourth-order valence-electron chi connectivity index (χ4n) is 4.74. The van der Waals surface area contributed by atoms with Crippen LogP contribution in [0.3, 0.4) is 0 Å². The van der Waals surface area contributed by atoms with Crippen molar-refractivity contribution in [3.63, 3.8) is 0 Å². The number of hydrogen-bond donors (Lipinski definition) is 2. The van der Waals surface area contributed by atoms with Gasteiger partial charge >= 0.3 is 0 Å². The molecular weight excluding hydrogens is 510 g/mol. The number of anilines is 3. The first-order valence-corrected chi connectivity index (χ1v) is 13.2. The molecule has 0 bridgehead atoms. The predicted molar refractivity (Wildman–Crippen MR) is 154 cm³/mol. The molecule has 8 nitrogen and oxygen atoms in total. The molecule has 2 aromatic carbocycles. The van der Waals surface area contributed by atoms with Crippen LogP contribution in [-0.4, -0.2) is 32.2 Å². The zero-order valence-corrected chi connectivity index (χ0v) is 22.1. The van der Waals surface area contributed by atoms with Crippen molar-refractivity contribution < 1.29 is 4.74 Å². The van der Waals surface area contributed by atoms with Gasteiger partial charge in [-0.1, -0.05) is 23.7 Å². The van der Waals surface area contributed by atoms with Gasteiger partial charge in [0.25, 0.3) is 0 Å². The van der Waals surface area contributed by atoms with Gasteiger partial charge < -0.3 is 15.4 Å². The van der Waals surface area contributed by atoms with E-state index in [1.54, 1.807) is 19.4 Å². The first-order valence-electron chi connectivity index (χ1n) is 12.8. The third-order valence-electron chi connectivity index (χ3n) is 6.67. The van der Waals surface area contributed by atoms with E-state index in [4.69, 9.17) is 16.3 Å². The predicted octanol–water partition coefficient (Wildman–Crippen LogP) is 7.11. The lowest BCUT2D eigenvalue weighted by atomic mass is 9.89. The Morgan fingerprint density at radius 2 is 1.62 bits per heavy atom. The molecule has 0 amide bonds. The summed E-state index contributed by atoms with van der Waals surface area (Å²) in [6, 6.07) is 21.1. The molecule has 5 aromatic rings. The van der Waals surface area contributed by atoms with E-state index in [1.807, 2.05) is 66.7 Å². The Balaban J connectivity index is 1.23. The maximum absolute atomic E-state index is 6.15. The largest absolute Gasteiger partial charge is 0.438 e. The SMILES string of the molecule is CNc1nccc(-c2cccnc2Oc2ccc(Nc3nnc(-c4ccc(Cl)cc4)c4c3CCCC4)cc2)n1. The van der Waals surface area contributed by atoms with Gasteiger partial charge in [-0.25, -0.2) is 15.0 Å². The first-order chi connectivity index (χ1) is 19.2. The highest BCUT2D eigenvalue weighted by molar-refractivity contribution is 6.30. The monoisotopic (exact) mass is 535 g/mol. The lowest BCUT2D eigenvalue weighted by molar-refractivity contribution is 0.465. The highest BCUT2D eigenvalue weighted by Gasteiger charge is 2.21. The molecule has 194 valence electrons. The summed E-state index contributed by atoms with van der Waals surface area (Å²) in [5.74, 6) is 2.46. The van der Waals surface area contributed by atoms with Gasteiger partial charge in [-0.3, -0.25) is 0 Å². The summed E-state index contributed by atoms with van der Waals surface area (Å²) >= 11 is 6.10. The minimum absolute atomic E-state index is 0.469. The van der Waals surface area contributed by atoms with Gasteiger partial charge in [-0.2, -0.15) is 0 Å². The Hall–Kier alpha value is -4.56. The fraction of sp³-hybridized carbons (Fsp3) is 0.167. The summed E-state index contributed by atoms with van der Waals surface area (Å²) in [7, 11) is 1.78. The zero-order chi connectivity index (χ0) is 26.6. The molecule has 1 aliphatic rings. The Kier molecular flexibility index (Phi) is 7.01. The van der Waals surface area contributed by atoms with Gasteiger partial charge in [0.1, 0.15) is 5.75 Å². The molecule has 0 saturated carbocycles. The second-order valence-electron chi connectivity index (χ2n) is 9.19. The van der Waals surface area contributed by atoms with Crippen molar-refractivity contribution in [3.05, 3.63) is 95.3 Å². The summed E-state index contributed by atoms with van der Waals surface area (Å²) in [6.45, 7) is 0. The lowest BCUT2D eigenvalue weighted by Crippen LogP contribution is -2.12. The number of hydrogen-bond acceptors (Lipinski definition) is 8. The molecule has 0 atom stereocenters. The molecule has 9 heteroatoms. The van der Waals surface area contributed by atoms with Gasteiger partial charge in [0.2, 0.25) is 11.8 Å². The average Bonchev–Trinajstić information content (AvgIpc) is 2.99. The van der Waals surface area contributed by atoms with E-state index in [0.717, 1.165) is 59.7 Å². The van der Waals surface area contributed by atoms with Gasteiger partial charge in [-0.05, 0) is 85.8 Å². The van der Waals surface area contributed by atoms with E-state index in [-0.39, 0.29) is 0 Å². The molecule has 0 radical (unpaired) electrons. The van der Waals surface area contributed by atoms with E-state index < -0.39 is 0 Å². The van der Waals surface area contributed by atoms with Crippen LogP contribution >= 0.6 is 11.6 Å². The number of benzene rings is 2. The highest BCUT2D eigenvalue weighted by atomic mass is 35.5. The molecular formula is C30H26ClN7O. The third kappa shape index (κ3) is 5.37. The summed E-state index contributed by atoms with van der Waals surface area (Å²) in [4.78, 5) is 13.1. The van der Waals surface area contributed by atoms with Crippen molar-refractivity contribution in [2.45, 2.75) is 25.7 Å². The molecule has 3 aromatic heterocycles. The molecule has 0 saturated heterocycles. The zero-order valence-electron chi connectivity index (χ0n) is 21.4. The Morgan fingerprint density at radius 3 is 2.41 bits per heavy atom. The van der Waals surface area contributed by atoms with Crippen molar-refractivity contribution >= 4 is 29.1 Å². The number of rotatable bonds is 7. The molecule has 0 fully saturated rings. The molecule has 3 heterocycles. The van der Waals surface area contributed by atoms with Crippen LogP contribution < -0.4 is 15.4 Å². The molecule has 0 aliphatic heterocycles. The van der Waals surface area contributed by atoms with E-state index in [9.17, 15) is 0 Å². The number of fused-ring (bicyclic) bond motifs is 1. The first kappa shape index (κ1) is 24.8. The van der Waals surface area contributed by atoms with Crippen molar-refractivity contribution in [3.8, 4) is 34.1 Å². The minimum Gasteiger partial charge on any atom is -0.438 e. The molecule has 6 rings (SSSR count). The van der Waals surface area contributed by atoms with E-state index in [0.29, 0.717) is 22.6 Å². The molecule has 0 spiro atoms. The highest BCUT2D eigenvalue weighted by Crippen LogP contribution is 2.35. The normalized spacial score (nSPS) is 12.5.